The third-order valence-corrected chi connectivity index (χ3v) is 6.78. The van der Waals surface area contributed by atoms with E-state index >= 15 is 0 Å². The Morgan fingerprint density at radius 2 is 1.81 bits per heavy atom. The summed E-state index contributed by atoms with van der Waals surface area (Å²) in [5.41, 5.74) is 1.26. The summed E-state index contributed by atoms with van der Waals surface area (Å²) >= 11 is 0. The van der Waals surface area contributed by atoms with Gasteiger partial charge in [0.05, 0.1) is 4.90 Å². The second-order valence-corrected chi connectivity index (χ2v) is 9.17. The van der Waals surface area contributed by atoms with E-state index in [0.717, 1.165) is 27.3 Å². The van der Waals surface area contributed by atoms with Crippen LogP contribution >= 0.6 is 0 Å². The van der Waals surface area contributed by atoms with Gasteiger partial charge in [-0.15, -0.1) is 0 Å². The molecule has 0 saturated heterocycles. The minimum atomic E-state index is -3.78. The van der Waals surface area contributed by atoms with Gasteiger partial charge in [-0.2, -0.15) is 0 Å². The Kier molecular flexibility index (Phi) is 6.87. The first-order chi connectivity index (χ1) is 14.7. The van der Waals surface area contributed by atoms with E-state index in [9.17, 15) is 22.4 Å². The van der Waals surface area contributed by atoms with Gasteiger partial charge in [0.15, 0.2) is 6.10 Å². The summed E-state index contributed by atoms with van der Waals surface area (Å²) in [6.07, 6.45) is 0.790. The first kappa shape index (κ1) is 22.6. The molecular formula is C22H23FN2O5S. The maximum absolute atomic E-state index is 13.0. The lowest BCUT2D eigenvalue weighted by Crippen LogP contribution is -2.29. The molecule has 2 aromatic carbocycles. The van der Waals surface area contributed by atoms with Gasteiger partial charge < -0.3 is 9.72 Å². The van der Waals surface area contributed by atoms with Gasteiger partial charge in [0.2, 0.25) is 15.8 Å². The first-order valence-corrected chi connectivity index (χ1v) is 11.2. The molecular weight excluding hydrogens is 423 g/mol. The number of H-pyrrole nitrogens is 1. The van der Waals surface area contributed by atoms with Crippen molar-refractivity contribution in [3.63, 3.8) is 0 Å². The van der Waals surface area contributed by atoms with Crippen LogP contribution in [-0.2, 0) is 19.6 Å². The fourth-order valence-corrected chi connectivity index (χ4v) is 4.37. The monoisotopic (exact) mass is 446 g/mol. The predicted octanol–water partition coefficient (Wildman–Crippen LogP) is 3.52. The molecule has 0 amide bonds. The molecule has 0 aliphatic carbocycles. The van der Waals surface area contributed by atoms with Crippen LogP contribution in [0.3, 0.4) is 0 Å². The molecule has 1 N–H and O–H groups in total. The Bertz CT molecular complexity index is 1190. The number of fused-ring (bicyclic) bond motifs is 1. The molecule has 0 saturated carbocycles. The van der Waals surface area contributed by atoms with Gasteiger partial charge in [0.25, 0.3) is 0 Å². The van der Waals surface area contributed by atoms with E-state index in [0.29, 0.717) is 5.56 Å². The second kappa shape index (κ2) is 9.40. The number of aromatic amines is 1. The van der Waals surface area contributed by atoms with Gasteiger partial charge >= 0.3 is 5.97 Å². The average Bonchev–Trinajstić information content (AvgIpc) is 3.17. The average molecular weight is 447 g/mol. The smallest absolute Gasteiger partial charge is 0.306 e. The fourth-order valence-electron chi connectivity index (χ4n) is 3.16. The minimum Gasteiger partial charge on any atom is -0.454 e. The van der Waals surface area contributed by atoms with E-state index in [-0.39, 0.29) is 30.1 Å². The number of halogens is 1. The van der Waals surface area contributed by atoms with Crippen molar-refractivity contribution >= 4 is 32.7 Å². The number of carbonyl (C=O) groups is 2. The van der Waals surface area contributed by atoms with E-state index < -0.39 is 27.9 Å². The Balaban J connectivity index is 1.51. The Hall–Kier alpha value is -3.04. The lowest BCUT2D eigenvalue weighted by atomic mass is 10.1. The molecule has 3 rings (SSSR count). The SMILES string of the molecule is C[C@H](OC(=O)CCCN(C)S(=O)(=O)c1ccc(F)cc1)C(=O)c1c[nH]c2ccccc12. The zero-order valence-corrected chi connectivity index (χ0v) is 18.0. The van der Waals surface area contributed by atoms with Gasteiger partial charge in [-0.1, -0.05) is 18.2 Å². The Morgan fingerprint density at radius 1 is 1.13 bits per heavy atom. The highest BCUT2D eigenvalue weighted by Gasteiger charge is 2.23. The summed E-state index contributed by atoms with van der Waals surface area (Å²) in [7, 11) is -2.40. The van der Waals surface area contributed by atoms with Crippen LogP contribution in [0, 0.1) is 5.82 Å². The molecule has 1 aromatic heterocycles. The molecule has 31 heavy (non-hydrogen) atoms. The molecule has 9 heteroatoms. The van der Waals surface area contributed by atoms with E-state index in [2.05, 4.69) is 4.98 Å². The number of sulfonamides is 1. The highest BCUT2D eigenvalue weighted by atomic mass is 32.2. The number of nitrogens with zero attached hydrogens (tertiary/aromatic N) is 1. The van der Waals surface area contributed by atoms with Crippen LogP contribution in [0.25, 0.3) is 10.9 Å². The first-order valence-electron chi connectivity index (χ1n) is 9.72. The number of hydrogen-bond acceptors (Lipinski definition) is 5. The normalized spacial score (nSPS) is 12.8. The van der Waals surface area contributed by atoms with Gasteiger partial charge in [-0.05, 0) is 43.7 Å². The van der Waals surface area contributed by atoms with Gasteiger partial charge in [-0.25, -0.2) is 17.1 Å². The van der Waals surface area contributed by atoms with Crippen molar-refractivity contribution in [3.05, 3.63) is 66.1 Å². The van der Waals surface area contributed by atoms with Crippen LogP contribution in [0.15, 0.2) is 59.6 Å². The maximum atomic E-state index is 13.0. The van der Waals surface area contributed by atoms with Gasteiger partial charge in [0, 0.05) is 42.7 Å². The molecule has 164 valence electrons. The third-order valence-electron chi connectivity index (χ3n) is 4.91. The highest BCUT2D eigenvalue weighted by molar-refractivity contribution is 7.89. The molecule has 0 bridgehead atoms. The Morgan fingerprint density at radius 3 is 2.52 bits per heavy atom. The van der Waals surface area contributed by atoms with Crippen molar-refractivity contribution in [1.82, 2.24) is 9.29 Å². The van der Waals surface area contributed by atoms with Crippen molar-refractivity contribution < 1.29 is 27.1 Å². The lowest BCUT2D eigenvalue weighted by Gasteiger charge is -2.17. The molecule has 7 nitrogen and oxygen atoms in total. The summed E-state index contributed by atoms with van der Waals surface area (Å²) in [5.74, 6) is -1.43. The second-order valence-electron chi connectivity index (χ2n) is 7.13. The number of para-hydroxylation sites is 1. The third kappa shape index (κ3) is 5.18. The van der Waals surface area contributed by atoms with E-state index in [1.807, 2.05) is 24.3 Å². The number of ether oxygens (including phenoxy) is 1. The zero-order valence-electron chi connectivity index (χ0n) is 17.2. The number of rotatable bonds is 9. The maximum Gasteiger partial charge on any atom is 0.306 e. The van der Waals surface area contributed by atoms with Crippen molar-refractivity contribution in [2.75, 3.05) is 13.6 Å². The standard InChI is InChI=1S/C22H23FN2O5S/c1-15(22(27)19-14-24-20-7-4-3-6-18(19)20)30-21(26)8-5-13-25(2)31(28,29)17-11-9-16(23)10-12-17/h3-4,6-7,9-12,14-15,24H,5,8,13H2,1-2H3/t15-/m0/s1. The Labute approximate surface area is 179 Å². The number of ketones is 1. The summed E-state index contributed by atoms with van der Waals surface area (Å²) in [6.45, 7) is 1.58. The van der Waals surface area contributed by atoms with Gasteiger partial charge in [0.1, 0.15) is 5.82 Å². The molecule has 0 fully saturated rings. The number of hydrogen-bond donors (Lipinski definition) is 1. The van der Waals surface area contributed by atoms with Crippen molar-refractivity contribution in [2.45, 2.75) is 30.8 Å². The quantitative estimate of drug-likeness (QED) is 0.401. The van der Waals surface area contributed by atoms with Crippen LogP contribution in [-0.4, -0.2) is 49.2 Å². The number of carbonyl (C=O) groups excluding carboxylic acids is 2. The summed E-state index contributed by atoms with van der Waals surface area (Å²) < 4.78 is 44.3. The number of aromatic nitrogens is 1. The van der Waals surface area contributed by atoms with E-state index in [4.69, 9.17) is 4.74 Å². The van der Waals surface area contributed by atoms with Crippen LogP contribution < -0.4 is 0 Å². The van der Waals surface area contributed by atoms with Crippen molar-refractivity contribution in [3.8, 4) is 0 Å². The minimum absolute atomic E-state index is 0.0306. The number of Topliss-reactive ketones (excluding diaryl/α,β-unsaturated/α-hetero) is 1. The van der Waals surface area contributed by atoms with Gasteiger partial charge in [-0.3, -0.25) is 9.59 Å². The van der Waals surface area contributed by atoms with Crippen LogP contribution in [0.5, 0.6) is 0 Å². The fraction of sp³-hybridized carbons (Fsp3) is 0.273. The predicted molar refractivity (Wildman–Crippen MR) is 114 cm³/mol. The molecule has 1 heterocycles. The largest absolute Gasteiger partial charge is 0.454 e. The molecule has 0 radical (unpaired) electrons. The molecule has 0 unspecified atom stereocenters. The highest BCUT2D eigenvalue weighted by Crippen LogP contribution is 2.20. The molecule has 3 aromatic rings. The van der Waals surface area contributed by atoms with Crippen LogP contribution in [0.2, 0.25) is 0 Å². The van der Waals surface area contributed by atoms with Crippen LogP contribution in [0.4, 0.5) is 4.39 Å². The summed E-state index contributed by atoms with van der Waals surface area (Å²) in [6, 6.07) is 11.9. The molecule has 0 spiro atoms. The van der Waals surface area contributed by atoms with Crippen LogP contribution in [0.1, 0.15) is 30.1 Å². The van der Waals surface area contributed by atoms with Crippen molar-refractivity contribution in [2.24, 2.45) is 0 Å². The number of benzene rings is 2. The van der Waals surface area contributed by atoms with E-state index in [1.54, 1.807) is 6.20 Å². The molecule has 0 aliphatic heterocycles. The number of nitrogens with one attached hydrogen (secondary N) is 1. The zero-order chi connectivity index (χ0) is 22.6. The molecule has 0 aliphatic rings. The van der Waals surface area contributed by atoms with Crippen molar-refractivity contribution in [1.29, 1.82) is 0 Å². The topological polar surface area (TPSA) is 96.5 Å². The molecule has 1 atom stereocenters. The lowest BCUT2D eigenvalue weighted by molar-refractivity contribution is -0.146. The number of esters is 1. The summed E-state index contributed by atoms with van der Waals surface area (Å²) in [4.78, 5) is 27.8. The van der Waals surface area contributed by atoms with E-state index in [1.165, 1.54) is 26.1 Å². The summed E-state index contributed by atoms with van der Waals surface area (Å²) in [5, 5.41) is 0.753.